The third-order valence-corrected chi connectivity index (χ3v) is 6.24. The third kappa shape index (κ3) is 5.21. The molecule has 1 aliphatic rings. The van der Waals surface area contributed by atoms with Gasteiger partial charge in [-0.1, -0.05) is 47.5 Å². The van der Waals surface area contributed by atoms with Crippen molar-refractivity contribution >= 4 is 34.9 Å². The van der Waals surface area contributed by atoms with Crippen LogP contribution in [0.1, 0.15) is 24.2 Å². The predicted molar refractivity (Wildman–Crippen MR) is 128 cm³/mol. The molecule has 2 aromatic carbocycles. The molecule has 4 rings (SSSR count). The Morgan fingerprint density at radius 1 is 1.24 bits per heavy atom. The monoisotopic (exact) mass is 488 g/mol. The number of halogens is 3. The Morgan fingerprint density at radius 3 is 2.70 bits per heavy atom. The average Bonchev–Trinajstić information content (AvgIpc) is 3.34. The van der Waals surface area contributed by atoms with E-state index in [2.05, 4.69) is 10.3 Å². The molecular formula is C24H23Cl2FN4O2. The summed E-state index contributed by atoms with van der Waals surface area (Å²) in [4.78, 5) is 18.4. The summed E-state index contributed by atoms with van der Waals surface area (Å²) in [5.74, 6) is 0.0417. The lowest BCUT2D eigenvalue weighted by Crippen LogP contribution is -2.30. The first-order valence-electron chi connectivity index (χ1n) is 10.5. The Kier molecular flexibility index (Phi) is 7.02. The van der Waals surface area contributed by atoms with Gasteiger partial charge in [0.15, 0.2) is 11.6 Å². The summed E-state index contributed by atoms with van der Waals surface area (Å²) in [6.07, 6.45) is 1.34. The number of ether oxygens (including phenoxy) is 1. The molecule has 1 aliphatic heterocycles. The maximum absolute atomic E-state index is 13.9. The van der Waals surface area contributed by atoms with Gasteiger partial charge in [0, 0.05) is 35.4 Å². The van der Waals surface area contributed by atoms with Crippen LogP contribution in [-0.2, 0) is 11.2 Å². The fourth-order valence-corrected chi connectivity index (χ4v) is 4.37. The fourth-order valence-electron chi connectivity index (χ4n) is 3.69. The quantitative estimate of drug-likeness (QED) is 0.484. The van der Waals surface area contributed by atoms with Gasteiger partial charge in [-0.25, -0.2) is 9.37 Å². The second-order valence-electron chi connectivity index (χ2n) is 7.81. The van der Waals surface area contributed by atoms with E-state index in [4.69, 9.17) is 33.7 Å². The number of hydrogen-bond acceptors (Lipinski definition) is 5. The second kappa shape index (κ2) is 9.95. The van der Waals surface area contributed by atoms with Gasteiger partial charge >= 0.3 is 0 Å². The van der Waals surface area contributed by atoms with E-state index < -0.39 is 11.9 Å². The number of amides is 1. The molecule has 1 saturated heterocycles. The number of nitrogens with one attached hydrogen (secondary N) is 1. The van der Waals surface area contributed by atoms with Crippen molar-refractivity contribution in [3.8, 4) is 16.9 Å². The van der Waals surface area contributed by atoms with Crippen LogP contribution in [0.25, 0.3) is 11.1 Å². The number of rotatable bonds is 6. The first kappa shape index (κ1) is 23.3. The van der Waals surface area contributed by atoms with Crippen LogP contribution in [0.4, 0.5) is 10.2 Å². The predicted octanol–water partition coefficient (Wildman–Crippen LogP) is 4.85. The van der Waals surface area contributed by atoms with Crippen molar-refractivity contribution in [2.24, 2.45) is 0 Å². The number of benzene rings is 2. The van der Waals surface area contributed by atoms with Crippen LogP contribution in [0.15, 0.2) is 48.7 Å². The van der Waals surface area contributed by atoms with E-state index >= 15 is 0 Å². The summed E-state index contributed by atoms with van der Waals surface area (Å²) in [6.45, 7) is 3.87. The normalized spacial score (nSPS) is 14.4. The molecule has 2 heterocycles. The summed E-state index contributed by atoms with van der Waals surface area (Å²) in [5, 5.41) is 3.36. The van der Waals surface area contributed by atoms with Crippen molar-refractivity contribution in [1.82, 2.24) is 15.2 Å². The number of pyridine rings is 1. The fraction of sp³-hybridized carbons (Fsp3) is 0.250. The zero-order chi connectivity index (χ0) is 23.5. The number of nitrogens with zero attached hydrogens (tertiary/aromatic N) is 2. The Morgan fingerprint density at radius 2 is 2.00 bits per heavy atom. The molecule has 9 heteroatoms. The molecule has 0 aliphatic carbocycles. The number of anilines is 1. The lowest BCUT2D eigenvalue weighted by Gasteiger charge is -2.19. The molecule has 33 heavy (non-hydrogen) atoms. The van der Waals surface area contributed by atoms with Gasteiger partial charge in [0.25, 0.3) is 0 Å². The third-order valence-electron chi connectivity index (χ3n) is 5.53. The minimum Gasteiger partial charge on any atom is -0.482 e. The number of aromatic nitrogens is 1. The van der Waals surface area contributed by atoms with Crippen LogP contribution >= 0.6 is 23.2 Å². The second-order valence-corrected chi connectivity index (χ2v) is 8.60. The van der Waals surface area contributed by atoms with Crippen LogP contribution < -0.4 is 15.8 Å². The van der Waals surface area contributed by atoms with E-state index in [1.165, 1.54) is 12.1 Å². The number of nitrogen functional groups attached to an aromatic ring is 1. The molecule has 3 aromatic rings. The molecule has 1 aromatic heterocycles. The Balaban J connectivity index is 1.51. The maximum atomic E-state index is 13.9. The minimum absolute atomic E-state index is 0.0902. The van der Waals surface area contributed by atoms with Gasteiger partial charge < -0.3 is 15.4 Å². The van der Waals surface area contributed by atoms with Crippen molar-refractivity contribution in [1.29, 1.82) is 0 Å². The molecule has 0 saturated carbocycles. The van der Waals surface area contributed by atoms with E-state index in [0.717, 1.165) is 29.8 Å². The largest absolute Gasteiger partial charge is 0.482 e. The first-order chi connectivity index (χ1) is 15.8. The van der Waals surface area contributed by atoms with E-state index in [1.54, 1.807) is 24.1 Å². The van der Waals surface area contributed by atoms with Gasteiger partial charge in [-0.05, 0) is 36.2 Å². The summed E-state index contributed by atoms with van der Waals surface area (Å²) >= 11 is 12.3. The van der Waals surface area contributed by atoms with E-state index in [0.29, 0.717) is 29.4 Å². The van der Waals surface area contributed by atoms with Crippen LogP contribution in [0.2, 0.25) is 10.0 Å². The highest BCUT2D eigenvalue weighted by Crippen LogP contribution is 2.37. The number of carbonyl (C=O) groups excluding carboxylic acids is 1. The molecular weight excluding hydrogens is 466 g/mol. The van der Waals surface area contributed by atoms with Crippen LogP contribution in [0.3, 0.4) is 0 Å². The smallest absolute Gasteiger partial charge is 0.228 e. The van der Waals surface area contributed by atoms with Gasteiger partial charge in [0.1, 0.15) is 11.9 Å². The summed E-state index contributed by atoms with van der Waals surface area (Å²) < 4.78 is 19.9. The molecule has 1 atom stereocenters. The van der Waals surface area contributed by atoms with Crippen molar-refractivity contribution in [2.45, 2.75) is 19.4 Å². The average molecular weight is 489 g/mol. The lowest BCUT2D eigenvalue weighted by molar-refractivity contribution is -0.129. The molecule has 3 N–H and O–H groups in total. The zero-order valence-corrected chi connectivity index (χ0v) is 19.5. The van der Waals surface area contributed by atoms with E-state index in [1.807, 2.05) is 24.3 Å². The van der Waals surface area contributed by atoms with Gasteiger partial charge in [-0.2, -0.15) is 0 Å². The Bertz CT molecular complexity index is 1170. The summed E-state index contributed by atoms with van der Waals surface area (Å²) in [6, 6.07) is 12.1. The Hall–Kier alpha value is -2.87. The van der Waals surface area contributed by atoms with Gasteiger partial charge in [-0.3, -0.25) is 10.1 Å². The molecule has 1 amide bonds. The molecule has 0 radical (unpaired) electrons. The van der Waals surface area contributed by atoms with Crippen LogP contribution in [-0.4, -0.2) is 35.5 Å². The maximum Gasteiger partial charge on any atom is 0.228 e. The molecule has 1 unspecified atom stereocenters. The summed E-state index contributed by atoms with van der Waals surface area (Å²) in [5.41, 5.74) is 8.96. The Labute approximate surface area is 201 Å². The molecule has 172 valence electrons. The zero-order valence-electron chi connectivity index (χ0n) is 17.9. The number of hydrogen-bond donors (Lipinski definition) is 2. The van der Waals surface area contributed by atoms with E-state index in [9.17, 15) is 9.18 Å². The van der Waals surface area contributed by atoms with Gasteiger partial charge in [-0.15, -0.1) is 0 Å². The van der Waals surface area contributed by atoms with Crippen molar-refractivity contribution in [3.05, 3.63) is 75.7 Å². The first-order valence-corrected chi connectivity index (χ1v) is 11.2. The van der Waals surface area contributed by atoms with Crippen LogP contribution in [0, 0.1) is 5.82 Å². The highest BCUT2D eigenvalue weighted by molar-refractivity contribution is 6.36. The number of nitrogens with two attached hydrogens (primary N) is 1. The van der Waals surface area contributed by atoms with E-state index in [-0.39, 0.29) is 16.7 Å². The highest BCUT2D eigenvalue weighted by Gasteiger charge is 2.20. The molecule has 0 spiro atoms. The lowest BCUT2D eigenvalue weighted by atomic mass is 10.0. The summed E-state index contributed by atoms with van der Waals surface area (Å²) in [7, 11) is 0. The van der Waals surface area contributed by atoms with Crippen molar-refractivity contribution in [2.75, 3.05) is 25.5 Å². The van der Waals surface area contributed by atoms with Crippen molar-refractivity contribution in [3.63, 3.8) is 0 Å². The van der Waals surface area contributed by atoms with Gasteiger partial charge in [0.2, 0.25) is 5.91 Å². The van der Waals surface area contributed by atoms with Crippen LogP contribution in [0.5, 0.6) is 5.75 Å². The topological polar surface area (TPSA) is 80.5 Å². The van der Waals surface area contributed by atoms with Gasteiger partial charge in [0.05, 0.1) is 18.1 Å². The highest BCUT2D eigenvalue weighted by atomic mass is 35.5. The molecule has 1 fully saturated rings. The molecule has 6 nitrogen and oxygen atoms in total. The standard InChI is InChI=1S/C24H23Cl2FN4O2/c1-14(22-18(25)6-7-19(27)23(22)26)33-20-11-17(12-30-24(20)28)16-4-2-15(3-5-16)10-21(32)31-9-8-29-13-31/h2-7,11-12,14,29H,8-10,13H2,1H3,(H2,28,30). The van der Waals surface area contributed by atoms with Crippen molar-refractivity contribution < 1.29 is 13.9 Å². The molecule has 0 bridgehead atoms. The SMILES string of the molecule is CC(Oc1cc(-c2ccc(CC(=O)N3CCNC3)cc2)cnc1N)c1c(Cl)ccc(F)c1Cl. The number of carbonyl (C=O) groups is 1. The minimum atomic E-state index is -0.659.